The Bertz CT molecular complexity index is 372. The van der Waals surface area contributed by atoms with Crippen molar-refractivity contribution in [3.63, 3.8) is 0 Å². The van der Waals surface area contributed by atoms with E-state index in [-0.39, 0.29) is 12.0 Å². The third-order valence-corrected chi connectivity index (χ3v) is 3.92. The molecule has 16 heavy (non-hydrogen) atoms. The van der Waals surface area contributed by atoms with Crippen molar-refractivity contribution in [2.45, 2.75) is 18.9 Å². The molecule has 88 valence electrons. The monoisotopic (exact) mass is 303 g/mol. The SMILES string of the molecule is O[C@H]1CCNC[C@@H]1Cc1cc(Br)ccc1Cl. The Labute approximate surface area is 109 Å². The van der Waals surface area contributed by atoms with Gasteiger partial charge in [0.2, 0.25) is 0 Å². The molecular weight excluding hydrogens is 289 g/mol. The first-order chi connectivity index (χ1) is 7.66. The maximum Gasteiger partial charge on any atom is 0.0595 e. The van der Waals surface area contributed by atoms with Gasteiger partial charge >= 0.3 is 0 Å². The number of rotatable bonds is 2. The van der Waals surface area contributed by atoms with E-state index in [4.69, 9.17) is 11.6 Å². The van der Waals surface area contributed by atoms with E-state index in [0.717, 1.165) is 41.0 Å². The predicted molar refractivity (Wildman–Crippen MR) is 69.8 cm³/mol. The second kappa shape index (κ2) is 5.50. The standard InChI is InChI=1S/C12H15BrClNO/c13-10-1-2-11(14)8(6-10)5-9-7-15-4-3-12(9)16/h1-2,6,9,12,15-16H,3-5,7H2/t9-,12-/m0/s1. The van der Waals surface area contributed by atoms with Gasteiger partial charge in [0, 0.05) is 22.0 Å². The maximum atomic E-state index is 9.90. The van der Waals surface area contributed by atoms with Crippen LogP contribution < -0.4 is 5.32 Å². The molecule has 2 rings (SSSR count). The lowest BCUT2D eigenvalue weighted by Gasteiger charge is -2.28. The van der Waals surface area contributed by atoms with Gasteiger partial charge in [-0.2, -0.15) is 0 Å². The summed E-state index contributed by atoms with van der Waals surface area (Å²) in [6.45, 7) is 1.77. The van der Waals surface area contributed by atoms with Crippen molar-refractivity contribution in [1.82, 2.24) is 5.32 Å². The van der Waals surface area contributed by atoms with Crippen LogP contribution in [0.1, 0.15) is 12.0 Å². The zero-order valence-corrected chi connectivity index (χ0v) is 11.3. The molecule has 4 heteroatoms. The van der Waals surface area contributed by atoms with Crippen molar-refractivity contribution in [2.24, 2.45) is 5.92 Å². The smallest absolute Gasteiger partial charge is 0.0595 e. The number of aliphatic hydroxyl groups is 1. The van der Waals surface area contributed by atoms with Crippen molar-refractivity contribution in [3.05, 3.63) is 33.3 Å². The molecule has 0 saturated carbocycles. The van der Waals surface area contributed by atoms with E-state index in [0.29, 0.717) is 0 Å². The van der Waals surface area contributed by atoms with Crippen molar-refractivity contribution < 1.29 is 5.11 Å². The van der Waals surface area contributed by atoms with Crippen LogP contribution in [0.15, 0.2) is 22.7 Å². The van der Waals surface area contributed by atoms with Crippen LogP contribution in [0.25, 0.3) is 0 Å². The van der Waals surface area contributed by atoms with Crippen LogP contribution in [-0.4, -0.2) is 24.3 Å². The quantitative estimate of drug-likeness (QED) is 0.880. The van der Waals surface area contributed by atoms with Gasteiger partial charge in [-0.15, -0.1) is 0 Å². The molecule has 1 heterocycles. The molecule has 1 aromatic rings. The summed E-state index contributed by atoms with van der Waals surface area (Å²) < 4.78 is 1.03. The second-order valence-corrected chi connectivity index (χ2v) is 5.58. The first-order valence-electron chi connectivity index (χ1n) is 5.49. The lowest BCUT2D eigenvalue weighted by atomic mass is 9.90. The normalized spacial score (nSPS) is 25.7. The number of piperidine rings is 1. The lowest BCUT2D eigenvalue weighted by molar-refractivity contribution is 0.0791. The van der Waals surface area contributed by atoms with E-state index in [1.54, 1.807) is 0 Å². The van der Waals surface area contributed by atoms with Crippen molar-refractivity contribution >= 4 is 27.5 Å². The topological polar surface area (TPSA) is 32.3 Å². The minimum absolute atomic E-state index is 0.212. The van der Waals surface area contributed by atoms with Gasteiger partial charge in [-0.25, -0.2) is 0 Å². The zero-order chi connectivity index (χ0) is 11.5. The largest absolute Gasteiger partial charge is 0.393 e. The summed E-state index contributed by atoms with van der Waals surface area (Å²) >= 11 is 9.58. The molecule has 0 unspecified atom stereocenters. The van der Waals surface area contributed by atoms with Gasteiger partial charge in [-0.05, 0) is 43.1 Å². The minimum Gasteiger partial charge on any atom is -0.393 e. The van der Waals surface area contributed by atoms with Gasteiger partial charge in [0.25, 0.3) is 0 Å². The van der Waals surface area contributed by atoms with Gasteiger partial charge in [-0.3, -0.25) is 0 Å². The summed E-state index contributed by atoms with van der Waals surface area (Å²) in [5.74, 6) is 0.264. The van der Waals surface area contributed by atoms with E-state index >= 15 is 0 Å². The molecule has 2 atom stereocenters. The van der Waals surface area contributed by atoms with Gasteiger partial charge in [-0.1, -0.05) is 27.5 Å². The summed E-state index contributed by atoms with van der Waals surface area (Å²) in [6, 6.07) is 5.86. The zero-order valence-electron chi connectivity index (χ0n) is 8.92. The highest BCUT2D eigenvalue weighted by Gasteiger charge is 2.23. The van der Waals surface area contributed by atoms with Crippen LogP contribution >= 0.6 is 27.5 Å². The van der Waals surface area contributed by atoms with Gasteiger partial charge in [0.15, 0.2) is 0 Å². The molecular formula is C12H15BrClNO. The highest BCUT2D eigenvalue weighted by molar-refractivity contribution is 9.10. The van der Waals surface area contributed by atoms with E-state index in [1.165, 1.54) is 0 Å². The van der Waals surface area contributed by atoms with Crippen molar-refractivity contribution in [3.8, 4) is 0 Å². The van der Waals surface area contributed by atoms with Crippen LogP contribution in [-0.2, 0) is 6.42 Å². The number of benzene rings is 1. The average molecular weight is 305 g/mol. The number of nitrogens with one attached hydrogen (secondary N) is 1. The third-order valence-electron chi connectivity index (χ3n) is 3.06. The molecule has 0 amide bonds. The fourth-order valence-corrected chi connectivity index (χ4v) is 2.70. The molecule has 1 aromatic carbocycles. The number of aliphatic hydroxyl groups excluding tert-OH is 1. The molecule has 0 aromatic heterocycles. The summed E-state index contributed by atoms with van der Waals surface area (Å²) in [6.07, 6.45) is 1.44. The number of halogens is 2. The Kier molecular flexibility index (Phi) is 4.25. The summed E-state index contributed by atoms with van der Waals surface area (Å²) in [5, 5.41) is 14.0. The minimum atomic E-state index is -0.212. The first kappa shape index (κ1) is 12.4. The first-order valence-corrected chi connectivity index (χ1v) is 6.66. The van der Waals surface area contributed by atoms with Gasteiger partial charge in [0.1, 0.15) is 0 Å². The fraction of sp³-hybridized carbons (Fsp3) is 0.500. The predicted octanol–water partition coefficient (Wildman–Crippen LogP) is 2.62. The molecule has 0 bridgehead atoms. The Morgan fingerprint density at radius 3 is 3.06 bits per heavy atom. The number of hydrogen-bond donors (Lipinski definition) is 2. The highest BCUT2D eigenvalue weighted by atomic mass is 79.9. The Morgan fingerprint density at radius 1 is 1.50 bits per heavy atom. The van der Waals surface area contributed by atoms with E-state index in [1.807, 2.05) is 18.2 Å². The summed E-state index contributed by atoms with van der Waals surface area (Å²) in [5.41, 5.74) is 1.10. The van der Waals surface area contributed by atoms with Gasteiger partial charge < -0.3 is 10.4 Å². The molecule has 0 radical (unpaired) electrons. The van der Waals surface area contributed by atoms with E-state index < -0.39 is 0 Å². The Balaban J connectivity index is 2.10. The van der Waals surface area contributed by atoms with E-state index in [9.17, 15) is 5.11 Å². The Hall–Kier alpha value is -0.0900. The van der Waals surface area contributed by atoms with Crippen molar-refractivity contribution in [2.75, 3.05) is 13.1 Å². The molecule has 1 saturated heterocycles. The van der Waals surface area contributed by atoms with Crippen LogP contribution in [0.5, 0.6) is 0 Å². The molecule has 1 fully saturated rings. The van der Waals surface area contributed by atoms with E-state index in [2.05, 4.69) is 21.2 Å². The molecule has 0 aliphatic carbocycles. The van der Waals surface area contributed by atoms with Crippen LogP contribution in [0.2, 0.25) is 5.02 Å². The fourth-order valence-electron chi connectivity index (χ4n) is 2.10. The lowest BCUT2D eigenvalue weighted by Crippen LogP contribution is -2.40. The van der Waals surface area contributed by atoms with Gasteiger partial charge in [0.05, 0.1) is 6.10 Å². The molecule has 1 aliphatic heterocycles. The summed E-state index contributed by atoms with van der Waals surface area (Å²) in [4.78, 5) is 0. The van der Waals surface area contributed by atoms with Crippen LogP contribution in [0.4, 0.5) is 0 Å². The summed E-state index contributed by atoms with van der Waals surface area (Å²) in [7, 11) is 0. The highest BCUT2D eigenvalue weighted by Crippen LogP contribution is 2.25. The van der Waals surface area contributed by atoms with Crippen molar-refractivity contribution in [1.29, 1.82) is 0 Å². The van der Waals surface area contributed by atoms with Crippen LogP contribution in [0.3, 0.4) is 0 Å². The molecule has 0 spiro atoms. The second-order valence-electron chi connectivity index (χ2n) is 4.26. The molecule has 1 aliphatic rings. The number of hydrogen-bond acceptors (Lipinski definition) is 2. The average Bonchev–Trinajstić information content (AvgIpc) is 2.27. The maximum absolute atomic E-state index is 9.90. The van der Waals surface area contributed by atoms with Crippen LogP contribution in [0, 0.1) is 5.92 Å². The molecule has 2 nitrogen and oxygen atoms in total. The Morgan fingerprint density at radius 2 is 2.31 bits per heavy atom. The molecule has 2 N–H and O–H groups in total. The third kappa shape index (κ3) is 2.98.